The van der Waals surface area contributed by atoms with Gasteiger partial charge in [-0.25, -0.2) is 0 Å². The van der Waals surface area contributed by atoms with Gasteiger partial charge in [0.05, 0.1) is 0 Å². The van der Waals surface area contributed by atoms with Gasteiger partial charge in [-0.2, -0.15) is 0 Å². The number of amides is 1. The molecule has 0 bridgehead atoms. The van der Waals surface area contributed by atoms with Crippen molar-refractivity contribution in [3.63, 3.8) is 0 Å². The minimum Gasteiger partial charge on any atom is -0.345 e. The average molecular weight is 232 g/mol. The first kappa shape index (κ1) is 12.1. The molecule has 0 aliphatic carbocycles. The van der Waals surface area contributed by atoms with Gasteiger partial charge in [0, 0.05) is 19.6 Å². The van der Waals surface area contributed by atoms with E-state index in [1.54, 1.807) is 0 Å². The molecule has 0 spiro atoms. The Balaban J connectivity index is 2.02. The van der Waals surface area contributed by atoms with E-state index in [2.05, 4.69) is 29.6 Å². The predicted octanol–water partition coefficient (Wildman–Crippen LogP) is 1.74. The summed E-state index contributed by atoms with van der Waals surface area (Å²) in [4.78, 5) is 12.5. The van der Waals surface area contributed by atoms with Crippen LogP contribution in [-0.2, 0) is 11.3 Å². The van der Waals surface area contributed by atoms with Crippen LogP contribution in [0, 0.1) is 0 Å². The first-order valence-electron chi connectivity index (χ1n) is 6.26. The quantitative estimate of drug-likeness (QED) is 0.802. The lowest BCUT2D eigenvalue weighted by atomic mass is 9.89. The highest BCUT2D eigenvalue weighted by atomic mass is 16.1. The summed E-state index contributed by atoms with van der Waals surface area (Å²) in [6.45, 7) is 2.70. The van der Waals surface area contributed by atoms with E-state index in [0.717, 1.165) is 38.9 Å². The number of likely N-dealkylation sites (tertiary alicyclic amines) is 1. The van der Waals surface area contributed by atoms with Crippen LogP contribution in [0.1, 0.15) is 29.9 Å². The largest absolute Gasteiger partial charge is 0.345 e. The summed E-state index contributed by atoms with van der Waals surface area (Å²) >= 11 is 0. The van der Waals surface area contributed by atoms with Crippen molar-refractivity contribution in [1.29, 1.82) is 0 Å². The molecule has 2 rings (SSSR count). The van der Waals surface area contributed by atoms with Crippen LogP contribution >= 0.6 is 0 Å². The van der Waals surface area contributed by atoms with Crippen molar-refractivity contribution < 1.29 is 4.79 Å². The van der Waals surface area contributed by atoms with Gasteiger partial charge < -0.3 is 10.2 Å². The summed E-state index contributed by atoms with van der Waals surface area (Å²) in [6.07, 6.45) is 3.14. The van der Waals surface area contributed by atoms with Crippen LogP contribution in [0.5, 0.6) is 0 Å². The van der Waals surface area contributed by atoms with E-state index in [-0.39, 0.29) is 0 Å². The van der Waals surface area contributed by atoms with Gasteiger partial charge >= 0.3 is 0 Å². The normalized spacial score (nSPS) is 17.1. The predicted molar refractivity (Wildman–Crippen MR) is 68.8 cm³/mol. The Bertz CT molecular complexity index is 370. The van der Waals surface area contributed by atoms with E-state index in [0.29, 0.717) is 5.92 Å². The Morgan fingerprint density at radius 1 is 1.41 bits per heavy atom. The maximum atomic E-state index is 10.7. The summed E-state index contributed by atoms with van der Waals surface area (Å²) in [5.74, 6) is 0.614. The van der Waals surface area contributed by atoms with Crippen molar-refractivity contribution in [2.75, 3.05) is 20.1 Å². The summed E-state index contributed by atoms with van der Waals surface area (Å²) in [6, 6.07) is 8.78. The zero-order chi connectivity index (χ0) is 12.1. The Labute approximate surface area is 103 Å². The standard InChI is InChI=1S/C14H20N2O/c1-15-10-12-3-2-4-14(9-12)13-5-7-16(11-17)8-6-13/h2-4,9,11,13,15H,5-8,10H2,1H3. The number of carbonyl (C=O) groups is 1. The second-order valence-corrected chi connectivity index (χ2v) is 4.69. The molecule has 0 saturated carbocycles. The molecule has 1 fully saturated rings. The number of nitrogens with one attached hydrogen (secondary N) is 1. The van der Waals surface area contributed by atoms with Crippen molar-refractivity contribution in [1.82, 2.24) is 10.2 Å². The number of nitrogens with zero attached hydrogens (tertiary/aromatic N) is 1. The van der Waals surface area contributed by atoms with Crippen LogP contribution < -0.4 is 5.32 Å². The van der Waals surface area contributed by atoms with Gasteiger partial charge in [-0.05, 0) is 36.9 Å². The number of rotatable bonds is 4. The lowest BCUT2D eigenvalue weighted by Crippen LogP contribution is -2.31. The first-order valence-corrected chi connectivity index (χ1v) is 6.26. The summed E-state index contributed by atoms with van der Waals surface area (Å²) in [7, 11) is 1.97. The maximum Gasteiger partial charge on any atom is 0.209 e. The fourth-order valence-corrected chi connectivity index (χ4v) is 2.50. The topological polar surface area (TPSA) is 32.3 Å². The van der Waals surface area contributed by atoms with Gasteiger partial charge in [-0.15, -0.1) is 0 Å². The minimum absolute atomic E-state index is 0.614. The van der Waals surface area contributed by atoms with Crippen molar-refractivity contribution in [3.05, 3.63) is 35.4 Å². The fourth-order valence-electron chi connectivity index (χ4n) is 2.50. The molecule has 1 aliphatic heterocycles. The minimum atomic E-state index is 0.614. The van der Waals surface area contributed by atoms with Gasteiger partial charge in [-0.1, -0.05) is 24.3 Å². The number of piperidine rings is 1. The molecule has 3 nitrogen and oxygen atoms in total. The third-order valence-electron chi connectivity index (χ3n) is 3.48. The molecule has 1 aromatic rings. The Hall–Kier alpha value is -1.35. The SMILES string of the molecule is CNCc1cccc(C2CCN(C=O)CC2)c1. The van der Waals surface area contributed by atoms with Gasteiger partial charge in [0.1, 0.15) is 0 Å². The van der Waals surface area contributed by atoms with Gasteiger partial charge in [-0.3, -0.25) is 4.79 Å². The second kappa shape index (κ2) is 5.82. The monoisotopic (exact) mass is 232 g/mol. The number of carbonyl (C=O) groups excluding carboxylic acids is 1. The molecule has 17 heavy (non-hydrogen) atoms. The molecule has 3 heteroatoms. The second-order valence-electron chi connectivity index (χ2n) is 4.69. The molecule has 1 N–H and O–H groups in total. The van der Waals surface area contributed by atoms with E-state index in [4.69, 9.17) is 0 Å². The Morgan fingerprint density at radius 2 is 2.18 bits per heavy atom. The zero-order valence-electron chi connectivity index (χ0n) is 10.4. The van der Waals surface area contributed by atoms with E-state index >= 15 is 0 Å². The molecule has 1 aromatic carbocycles. The first-order chi connectivity index (χ1) is 8.33. The number of hydrogen-bond donors (Lipinski definition) is 1. The molecular formula is C14H20N2O. The molecule has 0 atom stereocenters. The van der Waals surface area contributed by atoms with Crippen LogP contribution in [0.15, 0.2) is 24.3 Å². The van der Waals surface area contributed by atoms with E-state index in [9.17, 15) is 4.79 Å². The number of hydrogen-bond acceptors (Lipinski definition) is 2. The highest BCUT2D eigenvalue weighted by molar-refractivity contribution is 5.47. The molecular weight excluding hydrogens is 212 g/mol. The molecule has 0 aromatic heterocycles. The van der Waals surface area contributed by atoms with E-state index in [1.165, 1.54) is 11.1 Å². The van der Waals surface area contributed by atoms with E-state index < -0.39 is 0 Å². The van der Waals surface area contributed by atoms with E-state index in [1.807, 2.05) is 11.9 Å². The average Bonchev–Trinajstić information content (AvgIpc) is 2.40. The van der Waals surface area contributed by atoms with Crippen LogP contribution in [-0.4, -0.2) is 31.4 Å². The summed E-state index contributed by atoms with van der Waals surface area (Å²) < 4.78 is 0. The molecule has 92 valence electrons. The van der Waals surface area contributed by atoms with Crippen molar-refractivity contribution in [2.24, 2.45) is 0 Å². The lowest BCUT2D eigenvalue weighted by Gasteiger charge is -2.29. The van der Waals surface area contributed by atoms with Crippen LogP contribution in [0.4, 0.5) is 0 Å². The summed E-state index contributed by atoms with van der Waals surface area (Å²) in [5, 5.41) is 3.18. The molecule has 1 amide bonds. The number of benzene rings is 1. The summed E-state index contributed by atoms with van der Waals surface area (Å²) in [5.41, 5.74) is 2.76. The lowest BCUT2D eigenvalue weighted by molar-refractivity contribution is -0.119. The van der Waals surface area contributed by atoms with Gasteiger partial charge in [0.25, 0.3) is 0 Å². The molecule has 1 heterocycles. The highest BCUT2D eigenvalue weighted by Crippen LogP contribution is 2.27. The van der Waals surface area contributed by atoms with Gasteiger partial charge in [0.2, 0.25) is 6.41 Å². The Kier molecular flexibility index (Phi) is 4.15. The molecule has 0 radical (unpaired) electrons. The third kappa shape index (κ3) is 3.07. The smallest absolute Gasteiger partial charge is 0.209 e. The van der Waals surface area contributed by atoms with Crippen molar-refractivity contribution in [3.8, 4) is 0 Å². The van der Waals surface area contributed by atoms with Crippen LogP contribution in [0.25, 0.3) is 0 Å². The van der Waals surface area contributed by atoms with Crippen LogP contribution in [0.3, 0.4) is 0 Å². The molecule has 1 saturated heterocycles. The zero-order valence-corrected chi connectivity index (χ0v) is 10.4. The maximum absolute atomic E-state index is 10.7. The molecule has 1 aliphatic rings. The third-order valence-corrected chi connectivity index (χ3v) is 3.48. The van der Waals surface area contributed by atoms with Crippen molar-refractivity contribution >= 4 is 6.41 Å². The molecule has 0 unspecified atom stereocenters. The fraction of sp³-hybridized carbons (Fsp3) is 0.500. The van der Waals surface area contributed by atoms with Crippen molar-refractivity contribution in [2.45, 2.75) is 25.3 Å². The van der Waals surface area contributed by atoms with Crippen LogP contribution in [0.2, 0.25) is 0 Å². The highest BCUT2D eigenvalue weighted by Gasteiger charge is 2.19. The van der Waals surface area contributed by atoms with Gasteiger partial charge in [0.15, 0.2) is 0 Å². The Morgan fingerprint density at radius 3 is 2.82 bits per heavy atom.